The van der Waals surface area contributed by atoms with Gasteiger partial charge in [0.05, 0.1) is 19.3 Å². The van der Waals surface area contributed by atoms with Crippen molar-refractivity contribution in [3.63, 3.8) is 0 Å². The smallest absolute Gasteiger partial charge is 0.320 e. The Morgan fingerprint density at radius 2 is 2.04 bits per heavy atom. The molecule has 1 aliphatic rings. The summed E-state index contributed by atoms with van der Waals surface area (Å²) < 4.78 is 5.29. The van der Waals surface area contributed by atoms with Gasteiger partial charge in [0.25, 0.3) is 0 Å². The highest BCUT2D eigenvalue weighted by molar-refractivity contribution is 5.97. The Kier molecular flexibility index (Phi) is 8.34. The van der Waals surface area contributed by atoms with E-state index in [4.69, 9.17) is 10.5 Å². The van der Waals surface area contributed by atoms with E-state index in [9.17, 15) is 19.5 Å². The van der Waals surface area contributed by atoms with E-state index in [0.29, 0.717) is 24.4 Å². The summed E-state index contributed by atoms with van der Waals surface area (Å²) in [6.07, 6.45) is 1.27. The van der Waals surface area contributed by atoms with E-state index in [2.05, 4.69) is 0 Å². The SMILES string of the molecule is COc1ccccc1N(CCC(N)=O)C(=O)CN1CCCC1C(=O)O.Cl. The molecule has 0 radical (unpaired) electrons. The number of aliphatic carboxylic acids is 1. The highest BCUT2D eigenvalue weighted by Crippen LogP contribution is 2.28. The number of halogens is 1. The first kappa shape index (κ1) is 21.7. The third-order valence-corrected chi connectivity index (χ3v) is 4.25. The number of hydrogen-bond acceptors (Lipinski definition) is 5. The van der Waals surface area contributed by atoms with E-state index in [0.717, 1.165) is 6.42 Å². The largest absolute Gasteiger partial charge is 0.495 e. The fraction of sp³-hybridized carbons (Fsp3) is 0.471. The maximum atomic E-state index is 12.8. The number of carbonyl (C=O) groups is 3. The predicted molar refractivity (Wildman–Crippen MR) is 98.6 cm³/mol. The van der Waals surface area contributed by atoms with Crippen LogP contribution in [-0.2, 0) is 14.4 Å². The molecular weight excluding hydrogens is 362 g/mol. The van der Waals surface area contributed by atoms with Crippen molar-refractivity contribution >= 4 is 35.9 Å². The summed E-state index contributed by atoms with van der Waals surface area (Å²) in [7, 11) is 1.50. The number of hydrogen-bond donors (Lipinski definition) is 2. The number of primary amides is 1. The van der Waals surface area contributed by atoms with Crippen molar-refractivity contribution in [2.45, 2.75) is 25.3 Å². The molecule has 1 aromatic carbocycles. The molecule has 9 heteroatoms. The Hall–Kier alpha value is -2.32. The van der Waals surface area contributed by atoms with Gasteiger partial charge in [-0.2, -0.15) is 0 Å². The number of methoxy groups -OCH3 is 1. The normalized spacial score (nSPS) is 16.6. The zero-order chi connectivity index (χ0) is 18.4. The average molecular weight is 386 g/mol. The highest BCUT2D eigenvalue weighted by Gasteiger charge is 2.33. The molecule has 144 valence electrons. The number of ether oxygens (including phenoxy) is 1. The highest BCUT2D eigenvalue weighted by atomic mass is 35.5. The summed E-state index contributed by atoms with van der Waals surface area (Å²) in [4.78, 5) is 38.4. The van der Waals surface area contributed by atoms with Gasteiger partial charge in [0.15, 0.2) is 0 Å². The van der Waals surface area contributed by atoms with Crippen molar-refractivity contribution in [2.24, 2.45) is 5.73 Å². The summed E-state index contributed by atoms with van der Waals surface area (Å²) >= 11 is 0. The average Bonchev–Trinajstić information content (AvgIpc) is 3.03. The minimum Gasteiger partial charge on any atom is -0.495 e. The monoisotopic (exact) mass is 385 g/mol. The third-order valence-electron chi connectivity index (χ3n) is 4.25. The first-order chi connectivity index (χ1) is 11.9. The van der Waals surface area contributed by atoms with Gasteiger partial charge < -0.3 is 20.5 Å². The number of carboxylic acid groups (broad SMARTS) is 1. The number of rotatable bonds is 8. The van der Waals surface area contributed by atoms with Gasteiger partial charge in [0.1, 0.15) is 11.8 Å². The van der Waals surface area contributed by atoms with Crippen LogP contribution in [0, 0.1) is 0 Å². The summed E-state index contributed by atoms with van der Waals surface area (Å²) in [6.45, 7) is 0.631. The van der Waals surface area contributed by atoms with Gasteiger partial charge in [-0.25, -0.2) is 0 Å². The van der Waals surface area contributed by atoms with Crippen LogP contribution >= 0.6 is 12.4 Å². The minimum absolute atomic E-state index is 0. The summed E-state index contributed by atoms with van der Waals surface area (Å²) in [6, 6.07) is 6.32. The maximum absolute atomic E-state index is 12.8. The number of anilines is 1. The summed E-state index contributed by atoms with van der Waals surface area (Å²) in [5.74, 6) is -1.24. The number of amides is 2. The Labute approximate surface area is 158 Å². The van der Waals surface area contributed by atoms with Gasteiger partial charge in [-0.05, 0) is 31.5 Å². The number of para-hydroxylation sites is 2. The van der Waals surface area contributed by atoms with Crippen LogP contribution in [0.1, 0.15) is 19.3 Å². The number of carboxylic acids is 1. The molecular formula is C17H24ClN3O5. The molecule has 1 aliphatic heterocycles. The van der Waals surface area contributed by atoms with Crippen molar-refractivity contribution in [1.82, 2.24) is 4.90 Å². The van der Waals surface area contributed by atoms with Crippen molar-refractivity contribution in [1.29, 1.82) is 0 Å². The molecule has 26 heavy (non-hydrogen) atoms. The molecule has 0 aliphatic carbocycles. The molecule has 0 saturated carbocycles. The molecule has 2 rings (SSSR count). The Bertz CT molecular complexity index is 655. The second-order valence-electron chi connectivity index (χ2n) is 5.90. The molecule has 1 unspecified atom stereocenters. The maximum Gasteiger partial charge on any atom is 0.320 e. The topological polar surface area (TPSA) is 113 Å². The quantitative estimate of drug-likeness (QED) is 0.686. The summed E-state index contributed by atoms with van der Waals surface area (Å²) in [5, 5.41) is 9.26. The van der Waals surface area contributed by atoms with Crippen LogP contribution in [-0.4, -0.2) is 60.6 Å². The molecule has 1 saturated heterocycles. The van der Waals surface area contributed by atoms with Crippen molar-refractivity contribution < 1.29 is 24.2 Å². The zero-order valence-electron chi connectivity index (χ0n) is 14.6. The minimum atomic E-state index is -0.925. The van der Waals surface area contributed by atoms with E-state index in [1.165, 1.54) is 12.0 Å². The molecule has 2 amide bonds. The molecule has 8 nitrogen and oxygen atoms in total. The number of carbonyl (C=O) groups excluding carboxylic acids is 2. The van der Waals surface area contributed by atoms with Crippen LogP contribution in [0.5, 0.6) is 5.75 Å². The van der Waals surface area contributed by atoms with Crippen molar-refractivity contribution in [3.05, 3.63) is 24.3 Å². The third kappa shape index (κ3) is 5.34. The van der Waals surface area contributed by atoms with Crippen LogP contribution in [0.2, 0.25) is 0 Å². The van der Waals surface area contributed by atoms with Crippen LogP contribution in [0.4, 0.5) is 5.69 Å². The lowest BCUT2D eigenvalue weighted by molar-refractivity contribution is -0.142. The van der Waals surface area contributed by atoms with Crippen LogP contribution in [0.15, 0.2) is 24.3 Å². The fourth-order valence-corrected chi connectivity index (χ4v) is 3.01. The lowest BCUT2D eigenvalue weighted by atomic mass is 10.2. The molecule has 1 heterocycles. The standard InChI is InChI=1S/C17H23N3O5.ClH/c1-25-14-7-3-2-5-12(14)20(10-8-15(18)21)16(22)11-19-9-4-6-13(19)17(23)24;/h2-3,5,7,13H,4,6,8-11H2,1H3,(H2,18,21)(H,23,24);1H. The number of nitrogens with zero attached hydrogens (tertiary/aromatic N) is 2. The first-order valence-corrected chi connectivity index (χ1v) is 8.12. The van der Waals surface area contributed by atoms with Crippen LogP contribution < -0.4 is 15.4 Å². The Morgan fingerprint density at radius 3 is 2.65 bits per heavy atom. The summed E-state index contributed by atoms with van der Waals surface area (Å²) in [5.41, 5.74) is 5.75. The van der Waals surface area contributed by atoms with Crippen LogP contribution in [0.3, 0.4) is 0 Å². The first-order valence-electron chi connectivity index (χ1n) is 8.12. The van der Waals surface area contributed by atoms with E-state index in [1.54, 1.807) is 29.2 Å². The van der Waals surface area contributed by atoms with Gasteiger partial charge >= 0.3 is 5.97 Å². The molecule has 0 spiro atoms. The van der Waals surface area contributed by atoms with Gasteiger partial charge in [-0.3, -0.25) is 19.3 Å². The fourth-order valence-electron chi connectivity index (χ4n) is 3.01. The predicted octanol–water partition coefficient (Wildman–Crippen LogP) is 0.874. The lowest BCUT2D eigenvalue weighted by Gasteiger charge is -2.28. The van der Waals surface area contributed by atoms with E-state index < -0.39 is 17.9 Å². The van der Waals surface area contributed by atoms with Gasteiger partial charge in [-0.15, -0.1) is 12.4 Å². The zero-order valence-corrected chi connectivity index (χ0v) is 15.4. The van der Waals surface area contributed by atoms with Gasteiger partial charge in [0.2, 0.25) is 11.8 Å². The second kappa shape index (κ2) is 9.98. The van der Waals surface area contributed by atoms with E-state index >= 15 is 0 Å². The molecule has 0 aromatic heterocycles. The second-order valence-corrected chi connectivity index (χ2v) is 5.90. The van der Waals surface area contributed by atoms with Crippen molar-refractivity contribution in [3.8, 4) is 5.75 Å². The van der Waals surface area contributed by atoms with Gasteiger partial charge in [-0.1, -0.05) is 12.1 Å². The van der Waals surface area contributed by atoms with Crippen LogP contribution in [0.25, 0.3) is 0 Å². The lowest BCUT2D eigenvalue weighted by Crippen LogP contribution is -2.45. The Morgan fingerprint density at radius 1 is 1.35 bits per heavy atom. The molecule has 3 N–H and O–H groups in total. The van der Waals surface area contributed by atoms with Gasteiger partial charge in [0, 0.05) is 13.0 Å². The Balaban J connectivity index is 0.00000338. The molecule has 0 bridgehead atoms. The van der Waals surface area contributed by atoms with E-state index in [-0.39, 0.29) is 37.8 Å². The molecule has 1 aromatic rings. The number of nitrogens with two attached hydrogens (primary N) is 1. The molecule has 1 atom stereocenters. The van der Waals surface area contributed by atoms with E-state index in [1.807, 2.05) is 0 Å². The number of benzene rings is 1. The van der Waals surface area contributed by atoms with Crippen molar-refractivity contribution in [2.75, 3.05) is 31.6 Å². The molecule has 1 fully saturated rings. The number of likely N-dealkylation sites (tertiary alicyclic amines) is 1.